The Bertz CT molecular complexity index is 1290. The van der Waals surface area contributed by atoms with Gasteiger partial charge in [0.15, 0.2) is 10.9 Å². The van der Waals surface area contributed by atoms with Crippen molar-refractivity contribution in [2.24, 2.45) is 0 Å². The molecule has 0 spiro atoms. The summed E-state index contributed by atoms with van der Waals surface area (Å²) in [6, 6.07) is 13.9. The van der Waals surface area contributed by atoms with E-state index in [1.165, 1.54) is 41.3 Å². The molecule has 0 aromatic heterocycles. The summed E-state index contributed by atoms with van der Waals surface area (Å²) in [5.41, 5.74) is 2.14. The Labute approximate surface area is 215 Å². The number of carbonyl (C=O) groups is 1. The summed E-state index contributed by atoms with van der Waals surface area (Å²) in [6.07, 6.45) is 1.66. The fraction of sp³-hybridized carbons (Fsp3) is 0.0833. The minimum Gasteiger partial charge on any atom is -0.496 e. The lowest BCUT2D eigenvalue weighted by Gasteiger charge is -2.14. The maximum Gasteiger partial charge on any atom is 0.281 e. The van der Waals surface area contributed by atoms with Crippen molar-refractivity contribution in [1.82, 2.24) is 5.32 Å². The number of amides is 1. The summed E-state index contributed by atoms with van der Waals surface area (Å²) >= 11 is 23.7. The lowest BCUT2D eigenvalue weighted by Crippen LogP contribution is -2.30. The maximum atomic E-state index is 13.3. The lowest BCUT2D eigenvalue weighted by molar-refractivity contribution is -0.113. The molecule has 0 aliphatic carbocycles. The molecule has 0 saturated carbocycles. The van der Waals surface area contributed by atoms with Gasteiger partial charge in [-0.25, -0.2) is 4.39 Å². The van der Waals surface area contributed by atoms with E-state index in [-0.39, 0.29) is 33.4 Å². The summed E-state index contributed by atoms with van der Waals surface area (Å²) in [7, 11) is 1.54. The molecule has 3 aromatic rings. The highest BCUT2D eigenvalue weighted by molar-refractivity contribution is 7.80. The second-order valence-corrected chi connectivity index (χ2v) is 8.80. The fourth-order valence-corrected chi connectivity index (χ4v) is 4.57. The number of anilines is 1. The van der Waals surface area contributed by atoms with Crippen LogP contribution in [0.25, 0.3) is 6.08 Å². The third kappa shape index (κ3) is 5.13. The molecule has 0 unspecified atom stereocenters. The van der Waals surface area contributed by atoms with E-state index in [4.69, 9.17) is 56.5 Å². The van der Waals surface area contributed by atoms with Crippen molar-refractivity contribution in [3.8, 4) is 11.5 Å². The molecule has 0 bridgehead atoms. The smallest absolute Gasteiger partial charge is 0.281 e. The first kappa shape index (κ1) is 24.3. The molecule has 5 nitrogen and oxygen atoms in total. The van der Waals surface area contributed by atoms with E-state index in [9.17, 15) is 9.18 Å². The number of ether oxygens (including phenoxy) is 2. The van der Waals surface area contributed by atoms with E-state index in [0.29, 0.717) is 33.3 Å². The number of benzene rings is 3. The van der Waals surface area contributed by atoms with E-state index >= 15 is 0 Å². The van der Waals surface area contributed by atoms with E-state index < -0.39 is 5.82 Å². The first-order valence-electron chi connectivity index (χ1n) is 9.84. The topological polar surface area (TPSA) is 50.8 Å². The summed E-state index contributed by atoms with van der Waals surface area (Å²) < 4.78 is 24.5. The SMILES string of the molecule is COc1ccc(/C=C2/NC(=S)N(c3ccc(F)cc3)C2=O)cc1COc1c(Cl)cc(Cl)cc1Cl. The average molecular weight is 538 g/mol. The fourth-order valence-electron chi connectivity index (χ4n) is 3.34. The molecule has 3 aromatic carbocycles. The molecule has 0 radical (unpaired) electrons. The van der Waals surface area contributed by atoms with Crippen LogP contribution in [0.2, 0.25) is 15.1 Å². The number of thiocarbonyl (C=S) groups is 1. The predicted molar refractivity (Wildman–Crippen MR) is 136 cm³/mol. The first-order chi connectivity index (χ1) is 16.3. The summed E-state index contributed by atoms with van der Waals surface area (Å²) in [5, 5.41) is 4.07. The van der Waals surface area contributed by atoms with Crippen LogP contribution in [0, 0.1) is 5.82 Å². The highest BCUT2D eigenvalue weighted by Crippen LogP contribution is 2.37. The molecule has 1 N–H and O–H groups in total. The van der Waals surface area contributed by atoms with Gasteiger partial charge in [0.2, 0.25) is 0 Å². The van der Waals surface area contributed by atoms with Gasteiger partial charge in [0.05, 0.1) is 22.8 Å². The Hall–Kier alpha value is -2.84. The van der Waals surface area contributed by atoms with Crippen molar-refractivity contribution >= 4 is 69.8 Å². The zero-order chi connectivity index (χ0) is 24.4. The van der Waals surface area contributed by atoms with Crippen LogP contribution in [0.15, 0.2) is 60.3 Å². The van der Waals surface area contributed by atoms with Crippen molar-refractivity contribution in [1.29, 1.82) is 0 Å². The van der Waals surface area contributed by atoms with Crippen LogP contribution in [-0.4, -0.2) is 18.1 Å². The van der Waals surface area contributed by atoms with Gasteiger partial charge >= 0.3 is 0 Å². The molecule has 174 valence electrons. The molecule has 0 atom stereocenters. The van der Waals surface area contributed by atoms with Crippen molar-refractivity contribution in [2.75, 3.05) is 12.0 Å². The molecule has 1 amide bonds. The van der Waals surface area contributed by atoms with Crippen LogP contribution >= 0.6 is 47.0 Å². The van der Waals surface area contributed by atoms with E-state index in [2.05, 4.69) is 5.32 Å². The summed E-state index contributed by atoms with van der Waals surface area (Å²) in [6.45, 7) is 0.1000. The van der Waals surface area contributed by atoms with Gasteiger partial charge in [-0.05, 0) is 72.4 Å². The minimum absolute atomic E-state index is 0.1000. The largest absolute Gasteiger partial charge is 0.496 e. The number of nitrogens with one attached hydrogen (secondary N) is 1. The van der Waals surface area contributed by atoms with Gasteiger partial charge in [0.25, 0.3) is 5.91 Å². The summed E-state index contributed by atoms with van der Waals surface area (Å²) in [5.74, 6) is 0.119. The van der Waals surface area contributed by atoms with Crippen molar-refractivity contribution in [2.45, 2.75) is 6.61 Å². The Morgan fingerprint density at radius 3 is 2.38 bits per heavy atom. The van der Waals surface area contributed by atoms with Crippen molar-refractivity contribution < 1.29 is 18.7 Å². The number of carbonyl (C=O) groups excluding carboxylic acids is 1. The molecule has 4 rings (SSSR count). The third-order valence-electron chi connectivity index (χ3n) is 4.91. The molecular weight excluding hydrogens is 522 g/mol. The van der Waals surface area contributed by atoms with Crippen LogP contribution in [-0.2, 0) is 11.4 Å². The quantitative estimate of drug-likeness (QED) is 0.282. The van der Waals surface area contributed by atoms with E-state index in [1.54, 1.807) is 25.3 Å². The average Bonchev–Trinajstić information content (AvgIpc) is 3.06. The first-order valence-corrected chi connectivity index (χ1v) is 11.4. The molecule has 1 saturated heterocycles. The Kier molecular flexibility index (Phi) is 7.28. The second-order valence-electron chi connectivity index (χ2n) is 7.16. The molecular formula is C24H16Cl3FN2O3S. The molecule has 1 aliphatic rings. The van der Waals surface area contributed by atoms with Crippen LogP contribution in [0.3, 0.4) is 0 Å². The van der Waals surface area contributed by atoms with Gasteiger partial charge in [-0.15, -0.1) is 0 Å². The van der Waals surface area contributed by atoms with Gasteiger partial charge in [0, 0.05) is 10.6 Å². The van der Waals surface area contributed by atoms with Gasteiger partial charge in [-0.1, -0.05) is 40.9 Å². The van der Waals surface area contributed by atoms with Crippen molar-refractivity contribution in [3.63, 3.8) is 0 Å². The van der Waals surface area contributed by atoms with Crippen LogP contribution in [0.1, 0.15) is 11.1 Å². The second kappa shape index (κ2) is 10.2. The standard InChI is InChI=1S/C24H16Cl3FN2O3S/c1-32-21-7-2-13(8-14(21)12-33-22-18(26)10-15(25)11-19(22)27)9-20-23(31)30(24(34)29-20)17-5-3-16(28)4-6-17/h2-11H,12H2,1H3,(H,29,34)/b20-9+. The molecule has 1 fully saturated rings. The Morgan fingerprint density at radius 2 is 1.74 bits per heavy atom. The Morgan fingerprint density at radius 1 is 1.06 bits per heavy atom. The maximum absolute atomic E-state index is 13.3. The normalized spacial score (nSPS) is 14.5. The monoisotopic (exact) mass is 536 g/mol. The van der Waals surface area contributed by atoms with Crippen LogP contribution in [0.4, 0.5) is 10.1 Å². The van der Waals surface area contributed by atoms with Gasteiger partial charge < -0.3 is 14.8 Å². The number of hydrogen-bond acceptors (Lipinski definition) is 4. The molecule has 1 heterocycles. The van der Waals surface area contributed by atoms with Crippen LogP contribution in [0.5, 0.6) is 11.5 Å². The molecule has 1 aliphatic heterocycles. The van der Waals surface area contributed by atoms with Crippen molar-refractivity contribution in [3.05, 3.63) is 92.3 Å². The van der Waals surface area contributed by atoms with E-state index in [0.717, 1.165) is 0 Å². The number of methoxy groups -OCH3 is 1. The van der Waals surface area contributed by atoms with Gasteiger partial charge in [-0.2, -0.15) is 0 Å². The third-order valence-corrected chi connectivity index (χ3v) is 5.98. The number of halogens is 4. The number of nitrogens with zero attached hydrogens (tertiary/aromatic N) is 1. The number of hydrogen-bond donors (Lipinski definition) is 1. The number of rotatable bonds is 6. The zero-order valence-electron chi connectivity index (χ0n) is 17.6. The zero-order valence-corrected chi connectivity index (χ0v) is 20.7. The lowest BCUT2D eigenvalue weighted by atomic mass is 10.1. The highest BCUT2D eigenvalue weighted by Gasteiger charge is 2.32. The molecule has 34 heavy (non-hydrogen) atoms. The van der Waals surface area contributed by atoms with Gasteiger partial charge in [-0.3, -0.25) is 9.69 Å². The minimum atomic E-state index is -0.404. The van der Waals surface area contributed by atoms with Gasteiger partial charge in [0.1, 0.15) is 23.9 Å². The van der Waals surface area contributed by atoms with Crippen LogP contribution < -0.4 is 19.7 Å². The summed E-state index contributed by atoms with van der Waals surface area (Å²) in [4.78, 5) is 14.3. The highest BCUT2D eigenvalue weighted by atomic mass is 35.5. The van der Waals surface area contributed by atoms with E-state index in [1.807, 2.05) is 6.07 Å². The molecule has 10 heteroatoms. The predicted octanol–water partition coefficient (Wildman–Crippen LogP) is 6.64. The Balaban J connectivity index is 1.58.